The summed E-state index contributed by atoms with van der Waals surface area (Å²) in [6.45, 7) is 3.66. The van der Waals surface area contributed by atoms with Crippen molar-refractivity contribution in [2.45, 2.75) is 19.3 Å². The van der Waals surface area contributed by atoms with Crippen LogP contribution >= 0.6 is 0 Å². The van der Waals surface area contributed by atoms with Crippen molar-refractivity contribution < 1.29 is 14.3 Å². The molecule has 0 aliphatic rings. The first-order valence-electron chi connectivity index (χ1n) is 6.12. The van der Waals surface area contributed by atoms with E-state index in [1.807, 2.05) is 18.2 Å². The Balaban J connectivity index is 2.97. The van der Waals surface area contributed by atoms with Gasteiger partial charge in [-0.05, 0) is 31.4 Å². The number of unbranched alkanes of at least 4 members (excludes halogenated alkanes) is 1. The highest BCUT2D eigenvalue weighted by atomic mass is 16.5. The second-order valence-electron chi connectivity index (χ2n) is 3.90. The molecule has 1 rings (SSSR count). The van der Waals surface area contributed by atoms with Gasteiger partial charge in [-0.1, -0.05) is 18.2 Å². The lowest BCUT2D eigenvalue weighted by molar-refractivity contribution is -0.132. The zero-order valence-corrected chi connectivity index (χ0v) is 11.4. The van der Waals surface area contributed by atoms with Crippen molar-refractivity contribution in [2.24, 2.45) is 4.99 Å². The van der Waals surface area contributed by atoms with E-state index in [0.29, 0.717) is 23.6 Å². The fourth-order valence-corrected chi connectivity index (χ4v) is 1.60. The maximum absolute atomic E-state index is 11.7. The van der Waals surface area contributed by atoms with Crippen LogP contribution in [-0.2, 0) is 9.53 Å². The molecule has 0 N–H and O–H groups in total. The van der Waals surface area contributed by atoms with Gasteiger partial charge in [-0.2, -0.15) is 0 Å². The Kier molecular flexibility index (Phi) is 6.36. The molecule has 4 heteroatoms. The third-order valence-electron chi connectivity index (χ3n) is 2.58. The van der Waals surface area contributed by atoms with Crippen LogP contribution in [0.15, 0.2) is 41.9 Å². The number of para-hydroxylation sites is 2. The Hall–Kier alpha value is -2.10. The number of hydrogen-bond donors (Lipinski definition) is 0. The maximum atomic E-state index is 11.7. The number of carbonyl (C=O) groups is 1. The lowest BCUT2D eigenvalue weighted by Gasteiger charge is -2.07. The predicted molar refractivity (Wildman–Crippen MR) is 76.2 cm³/mol. The van der Waals surface area contributed by atoms with Crippen LogP contribution in [0.1, 0.15) is 19.3 Å². The molecule has 0 spiro atoms. The quantitative estimate of drug-likeness (QED) is 0.327. The molecule has 0 aliphatic heterocycles. The molecular formula is C15H19NO3. The van der Waals surface area contributed by atoms with Gasteiger partial charge in [-0.15, -0.1) is 6.58 Å². The number of ether oxygens (including phenoxy) is 2. The first kappa shape index (κ1) is 15.0. The Labute approximate surface area is 113 Å². The van der Waals surface area contributed by atoms with E-state index >= 15 is 0 Å². The van der Waals surface area contributed by atoms with Crippen LogP contribution in [0.5, 0.6) is 5.75 Å². The van der Waals surface area contributed by atoms with Gasteiger partial charge in [0, 0.05) is 0 Å². The lowest BCUT2D eigenvalue weighted by Crippen LogP contribution is -2.15. The average Bonchev–Trinajstić information content (AvgIpc) is 2.46. The fraction of sp³-hybridized carbons (Fsp3) is 0.333. The van der Waals surface area contributed by atoms with Gasteiger partial charge in [0.15, 0.2) is 0 Å². The molecule has 0 aromatic heterocycles. The van der Waals surface area contributed by atoms with Crippen molar-refractivity contribution in [1.82, 2.24) is 0 Å². The first-order chi connectivity index (χ1) is 9.22. The number of aliphatic imine (C=N–C) groups is 1. The minimum absolute atomic E-state index is 0.397. The van der Waals surface area contributed by atoms with Gasteiger partial charge in [-0.3, -0.25) is 0 Å². The number of hydrogen-bond acceptors (Lipinski definition) is 4. The summed E-state index contributed by atoms with van der Waals surface area (Å²) in [5, 5.41) is 0. The summed E-state index contributed by atoms with van der Waals surface area (Å²) < 4.78 is 9.96. The highest BCUT2D eigenvalue weighted by Gasteiger charge is 2.12. The van der Waals surface area contributed by atoms with E-state index in [1.165, 1.54) is 7.11 Å². The summed E-state index contributed by atoms with van der Waals surface area (Å²) in [6, 6.07) is 7.31. The minimum atomic E-state index is -0.407. The maximum Gasteiger partial charge on any atom is 0.352 e. The second kappa shape index (κ2) is 8.08. The molecule has 0 fully saturated rings. The van der Waals surface area contributed by atoms with Crippen molar-refractivity contribution >= 4 is 17.4 Å². The molecule has 0 amide bonds. The van der Waals surface area contributed by atoms with Crippen molar-refractivity contribution in [1.29, 1.82) is 0 Å². The number of nitrogens with zero attached hydrogens (tertiary/aromatic N) is 1. The summed E-state index contributed by atoms with van der Waals surface area (Å²) in [6.07, 6.45) is 4.02. The van der Waals surface area contributed by atoms with Crippen LogP contribution in [0.25, 0.3) is 0 Å². The average molecular weight is 261 g/mol. The zero-order chi connectivity index (χ0) is 14.1. The topological polar surface area (TPSA) is 47.9 Å². The molecule has 0 bridgehead atoms. The van der Waals surface area contributed by atoms with Gasteiger partial charge in [0.05, 0.1) is 14.2 Å². The number of esters is 1. The highest BCUT2D eigenvalue weighted by molar-refractivity contribution is 6.37. The first-order valence-corrected chi connectivity index (χ1v) is 6.12. The van der Waals surface area contributed by atoms with E-state index in [0.717, 1.165) is 12.8 Å². The van der Waals surface area contributed by atoms with Crippen LogP contribution < -0.4 is 4.74 Å². The smallest absolute Gasteiger partial charge is 0.352 e. The number of allylic oxidation sites excluding steroid dienone is 1. The molecule has 1 aromatic carbocycles. The Bertz CT molecular complexity index is 466. The number of carbonyl (C=O) groups excluding carboxylic acids is 1. The molecule has 0 unspecified atom stereocenters. The van der Waals surface area contributed by atoms with Gasteiger partial charge >= 0.3 is 5.97 Å². The fourth-order valence-electron chi connectivity index (χ4n) is 1.60. The normalized spacial score (nSPS) is 10.9. The van der Waals surface area contributed by atoms with Crippen molar-refractivity contribution in [3.63, 3.8) is 0 Å². The van der Waals surface area contributed by atoms with Crippen LogP contribution in [-0.4, -0.2) is 25.9 Å². The van der Waals surface area contributed by atoms with Gasteiger partial charge in [0.1, 0.15) is 17.1 Å². The number of rotatable bonds is 7. The van der Waals surface area contributed by atoms with E-state index in [1.54, 1.807) is 19.2 Å². The van der Waals surface area contributed by atoms with Gasteiger partial charge in [0.2, 0.25) is 0 Å². The van der Waals surface area contributed by atoms with Gasteiger partial charge in [-0.25, -0.2) is 9.79 Å². The van der Waals surface area contributed by atoms with E-state index in [4.69, 9.17) is 9.47 Å². The third kappa shape index (κ3) is 4.58. The third-order valence-corrected chi connectivity index (χ3v) is 2.58. The second-order valence-corrected chi connectivity index (χ2v) is 3.90. The van der Waals surface area contributed by atoms with Crippen molar-refractivity contribution in [3.05, 3.63) is 36.9 Å². The van der Waals surface area contributed by atoms with Crippen LogP contribution in [0.2, 0.25) is 0 Å². The van der Waals surface area contributed by atoms with Crippen LogP contribution in [0, 0.1) is 0 Å². The molecule has 0 heterocycles. The van der Waals surface area contributed by atoms with E-state index in [9.17, 15) is 4.79 Å². The molecule has 0 radical (unpaired) electrons. The summed E-state index contributed by atoms with van der Waals surface area (Å²) >= 11 is 0. The Morgan fingerprint density at radius 3 is 2.74 bits per heavy atom. The zero-order valence-electron chi connectivity index (χ0n) is 11.4. The van der Waals surface area contributed by atoms with Gasteiger partial charge in [0.25, 0.3) is 0 Å². The summed E-state index contributed by atoms with van der Waals surface area (Å²) in [5.41, 5.74) is 1.03. The molecule has 1 aromatic rings. The number of methoxy groups -OCH3 is 2. The SMILES string of the molecule is C=CCCCC(=Nc1ccccc1OC)C(=O)OC. The lowest BCUT2D eigenvalue weighted by atomic mass is 10.1. The molecule has 0 aliphatic carbocycles. The van der Waals surface area contributed by atoms with Crippen molar-refractivity contribution in [2.75, 3.05) is 14.2 Å². The number of benzene rings is 1. The summed E-state index contributed by atoms with van der Waals surface area (Å²) in [7, 11) is 2.93. The van der Waals surface area contributed by atoms with Crippen LogP contribution in [0.3, 0.4) is 0 Å². The molecule has 102 valence electrons. The molecule has 0 saturated carbocycles. The van der Waals surface area contributed by atoms with Gasteiger partial charge < -0.3 is 9.47 Å². The minimum Gasteiger partial charge on any atom is -0.494 e. The Morgan fingerprint density at radius 2 is 2.11 bits per heavy atom. The predicted octanol–water partition coefficient (Wildman–Crippen LogP) is 3.30. The molecule has 4 nitrogen and oxygen atoms in total. The largest absolute Gasteiger partial charge is 0.494 e. The Morgan fingerprint density at radius 1 is 1.37 bits per heavy atom. The monoisotopic (exact) mass is 261 g/mol. The molecule has 19 heavy (non-hydrogen) atoms. The van der Waals surface area contributed by atoms with E-state index < -0.39 is 5.97 Å². The standard InChI is InChI=1S/C15H19NO3/c1-4-5-6-10-13(15(17)19-3)16-12-9-7-8-11-14(12)18-2/h4,7-9,11H,1,5-6,10H2,2-3H3. The van der Waals surface area contributed by atoms with E-state index in [2.05, 4.69) is 11.6 Å². The molecule has 0 saturated heterocycles. The highest BCUT2D eigenvalue weighted by Crippen LogP contribution is 2.27. The summed E-state index contributed by atoms with van der Waals surface area (Å²) in [5.74, 6) is 0.225. The molecule has 0 atom stereocenters. The van der Waals surface area contributed by atoms with Crippen molar-refractivity contribution in [3.8, 4) is 5.75 Å². The van der Waals surface area contributed by atoms with Crippen LogP contribution in [0.4, 0.5) is 5.69 Å². The van der Waals surface area contributed by atoms with E-state index in [-0.39, 0.29) is 0 Å². The summed E-state index contributed by atoms with van der Waals surface area (Å²) in [4.78, 5) is 16.0. The molecular weight excluding hydrogens is 242 g/mol.